The number of rotatable bonds is 7. The van der Waals surface area contributed by atoms with Gasteiger partial charge in [0.1, 0.15) is 0 Å². The van der Waals surface area contributed by atoms with Gasteiger partial charge in [-0.1, -0.05) is 124 Å². The highest BCUT2D eigenvalue weighted by atomic mass is 31.1. The van der Waals surface area contributed by atoms with Gasteiger partial charge in [0.2, 0.25) is 0 Å². The number of hydrogen-bond donors (Lipinski definition) is 0. The minimum Gasteiger partial charge on any atom is -0.0680 e. The van der Waals surface area contributed by atoms with Crippen LogP contribution in [0, 0.1) is 0 Å². The standard InChI is InChI=1S/C33H49P/c1-23(2)28-19-13-20-29(24(3)4)32(28)31-22-14-21-30(25(5)6)33(31)34(26-15-9-7-10-16-26)27-17-11-8-12-18-27/h13-14,19-27H,7-12,15-18H2,1-6H3. The van der Waals surface area contributed by atoms with Gasteiger partial charge in [-0.25, -0.2) is 0 Å². The zero-order valence-corrected chi connectivity index (χ0v) is 23.8. The fourth-order valence-corrected chi connectivity index (χ4v) is 11.0. The van der Waals surface area contributed by atoms with Gasteiger partial charge in [0.05, 0.1) is 0 Å². The summed E-state index contributed by atoms with van der Waals surface area (Å²) in [5, 5.41) is 1.82. The first-order chi connectivity index (χ1) is 16.4. The third-order valence-corrected chi connectivity index (χ3v) is 12.1. The normalized spacial score (nSPS) is 18.5. The highest BCUT2D eigenvalue weighted by Gasteiger charge is 2.36. The van der Waals surface area contributed by atoms with Crippen molar-refractivity contribution in [1.82, 2.24) is 0 Å². The molecule has 2 aromatic rings. The van der Waals surface area contributed by atoms with Gasteiger partial charge in [-0.05, 0) is 87.9 Å². The molecule has 0 aliphatic heterocycles. The van der Waals surface area contributed by atoms with E-state index >= 15 is 0 Å². The van der Waals surface area contributed by atoms with Crippen LogP contribution in [0.25, 0.3) is 11.1 Å². The Morgan fingerprint density at radius 3 is 1.41 bits per heavy atom. The van der Waals surface area contributed by atoms with Crippen LogP contribution >= 0.6 is 7.92 Å². The molecule has 0 aromatic heterocycles. The summed E-state index contributed by atoms with van der Waals surface area (Å²) in [5.74, 6) is 1.67. The molecule has 0 nitrogen and oxygen atoms in total. The maximum absolute atomic E-state index is 2.52. The molecular weight excluding hydrogens is 427 g/mol. The molecule has 0 bridgehead atoms. The summed E-state index contributed by atoms with van der Waals surface area (Å²) in [6.45, 7) is 14.4. The van der Waals surface area contributed by atoms with E-state index in [-0.39, 0.29) is 7.92 Å². The van der Waals surface area contributed by atoms with Crippen molar-refractivity contribution in [3.63, 3.8) is 0 Å². The average Bonchev–Trinajstić information content (AvgIpc) is 2.85. The Morgan fingerprint density at radius 1 is 0.559 bits per heavy atom. The van der Waals surface area contributed by atoms with Crippen LogP contribution in [0.4, 0.5) is 0 Å². The van der Waals surface area contributed by atoms with Gasteiger partial charge in [0.15, 0.2) is 0 Å². The van der Waals surface area contributed by atoms with Crippen LogP contribution in [-0.4, -0.2) is 11.3 Å². The Bertz CT molecular complexity index is 881. The average molecular weight is 477 g/mol. The van der Waals surface area contributed by atoms with Gasteiger partial charge >= 0.3 is 0 Å². The van der Waals surface area contributed by atoms with E-state index in [1.54, 1.807) is 27.8 Å². The second kappa shape index (κ2) is 11.7. The lowest BCUT2D eigenvalue weighted by Crippen LogP contribution is -2.29. The van der Waals surface area contributed by atoms with Crippen molar-refractivity contribution in [2.75, 3.05) is 0 Å². The van der Waals surface area contributed by atoms with Crippen LogP contribution in [-0.2, 0) is 0 Å². The third-order valence-electron chi connectivity index (χ3n) is 8.53. The van der Waals surface area contributed by atoms with Crippen molar-refractivity contribution in [1.29, 1.82) is 0 Å². The van der Waals surface area contributed by atoms with Gasteiger partial charge in [0.25, 0.3) is 0 Å². The molecular formula is C33H49P. The Morgan fingerprint density at radius 2 is 0.971 bits per heavy atom. The predicted octanol–water partition coefficient (Wildman–Crippen LogP) is 10.5. The molecule has 2 saturated carbocycles. The second-order valence-corrected chi connectivity index (χ2v) is 14.7. The predicted molar refractivity (Wildman–Crippen MR) is 154 cm³/mol. The Balaban J connectivity index is 1.99. The van der Waals surface area contributed by atoms with Crippen LogP contribution in [0.2, 0.25) is 0 Å². The van der Waals surface area contributed by atoms with Crippen molar-refractivity contribution in [2.45, 2.75) is 135 Å². The maximum atomic E-state index is 2.52. The first-order valence-corrected chi connectivity index (χ1v) is 15.9. The second-order valence-electron chi connectivity index (χ2n) is 12.0. The molecule has 0 radical (unpaired) electrons. The summed E-state index contributed by atoms with van der Waals surface area (Å²) < 4.78 is 0. The van der Waals surface area contributed by atoms with E-state index in [1.165, 1.54) is 64.2 Å². The number of hydrogen-bond acceptors (Lipinski definition) is 0. The quantitative estimate of drug-likeness (QED) is 0.349. The Labute approximate surface area is 212 Å². The van der Waals surface area contributed by atoms with Crippen LogP contribution < -0.4 is 5.30 Å². The van der Waals surface area contributed by atoms with Crippen molar-refractivity contribution in [3.8, 4) is 11.1 Å². The third kappa shape index (κ3) is 5.48. The van der Waals surface area contributed by atoms with Crippen molar-refractivity contribution in [3.05, 3.63) is 53.1 Å². The van der Waals surface area contributed by atoms with E-state index in [2.05, 4.69) is 77.9 Å². The van der Waals surface area contributed by atoms with E-state index in [0.717, 1.165) is 11.3 Å². The van der Waals surface area contributed by atoms with E-state index in [9.17, 15) is 0 Å². The van der Waals surface area contributed by atoms with Crippen LogP contribution in [0.1, 0.15) is 140 Å². The van der Waals surface area contributed by atoms with Crippen molar-refractivity contribution >= 4 is 13.2 Å². The lowest BCUT2D eigenvalue weighted by atomic mass is 9.84. The minimum atomic E-state index is -0.153. The molecule has 1 heteroatoms. The topological polar surface area (TPSA) is 0 Å². The van der Waals surface area contributed by atoms with Gasteiger partial charge in [0, 0.05) is 0 Å². The zero-order chi connectivity index (χ0) is 24.2. The summed E-state index contributed by atoms with van der Waals surface area (Å²) >= 11 is 0. The van der Waals surface area contributed by atoms with Crippen molar-refractivity contribution < 1.29 is 0 Å². The van der Waals surface area contributed by atoms with E-state index in [1.807, 2.05) is 5.30 Å². The largest absolute Gasteiger partial charge is 0.0680 e. The van der Waals surface area contributed by atoms with E-state index in [0.29, 0.717) is 17.8 Å². The summed E-state index contributed by atoms with van der Waals surface area (Å²) in [4.78, 5) is 0. The fraction of sp³-hybridized carbons (Fsp3) is 0.636. The molecule has 0 heterocycles. The van der Waals surface area contributed by atoms with Gasteiger partial charge in [-0.3, -0.25) is 0 Å². The van der Waals surface area contributed by atoms with Gasteiger partial charge in [-0.15, -0.1) is 0 Å². The lowest BCUT2D eigenvalue weighted by molar-refractivity contribution is 0.487. The molecule has 0 unspecified atom stereocenters. The molecule has 0 spiro atoms. The minimum absolute atomic E-state index is 0.153. The summed E-state index contributed by atoms with van der Waals surface area (Å²) in [7, 11) is -0.153. The lowest BCUT2D eigenvalue weighted by Gasteiger charge is -2.41. The zero-order valence-electron chi connectivity index (χ0n) is 22.9. The van der Waals surface area contributed by atoms with Crippen LogP contribution in [0.5, 0.6) is 0 Å². The monoisotopic (exact) mass is 476 g/mol. The molecule has 0 saturated heterocycles. The highest BCUT2D eigenvalue weighted by Crippen LogP contribution is 2.57. The summed E-state index contributed by atoms with van der Waals surface area (Å²) in [6, 6.07) is 14.5. The molecule has 2 aliphatic carbocycles. The molecule has 186 valence electrons. The van der Waals surface area contributed by atoms with Crippen LogP contribution in [0.3, 0.4) is 0 Å². The SMILES string of the molecule is CC(C)c1cccc(C(C)C)c1-c1cccc(C(C)C)c1P(C1CCCCC1)C1CCCCC1. The molecule has 0 atom stereocenters. The highest BCUT2D eigenvalue weighted by molar-refractivity contribution is 7.67. The molecule has 0 N–H and O–H groups in total. The molecule has 2 fully saturated rings. The van der Waals surface area contributed by atoms with E-state index < -0.39 is 0 Å². The smallest absolute Gasteiger partial charge is 0.00982 e. The van der Waals surface area contributed by atoms with Gasteiger partial charge < -0.3 is 0 Å². The first kappa shape index (κ1) is 25.9. The van der Waals surface area contributed by atoms with Crippen molar-refractivity contribution in [2.24, 2.45) is 0 Å². The molecule has 2 aliphatic rings. The summed E-state index contributed by atoms with van der Waals surface area (Å²) in [5.41, 5.74) is 9.82. The molecule has 34 heavy (non-hydrogen) atoms. The Hall–Kier alpha value is -1.13. The maximum Gasteiger partial charge on any atom is -0.00982 e. The Kier molecular flexibility index (Phi) is 8.96. The number of benzene rings is 2. The molecule has 2 aromatic carbocycles. The van der Waals surface area contributed by atoms with Crippen LogP contribution in [0.15, 0.2) is 36.4 Å². The van der Waals surface area contributed by atoms with Gasteiger partial charge in [-0.2, -0.15) is 0 Å². The summed E-state index contributed by atoms with van der Waals surface area (Å²) in [6.07, 6.45) is 14.6. The fourth-order valence-electron chi connectivity index (χ4n) is 6.76. The molecule has 4 rings (SSSR count). The first-order valence-electron chi connectivity index (χ1n) is 14.4. The van der Waals surface area contributed by atoms with E-state index in [4.69, 9.17) is 0 Å². The molecule has 0 amide bonds.